The van der Waals surface area contributed by atoms with Gasteiger partial charge in [-0.25, -0.2) is 0 Å². The van der Waals surface area contributed by atoms with Gasteiger partial charge in [0.2, 0.25) is 0 Å². The summed E-state index contributed by atoms with van der Waals surface area (Å²) in [5, 5.41) is 0. The van der Waals surface area contributed by atoms with E-state index >= 15 is 0 Å². The van der Waals surface area contributed by atoms with Gasteiger partial charge in [-0.2, -0.15) is 0 Å². The van der Waals surface area contributed by atoms with Crippen molar-refractivity contribution in [3.05, 3.63) is 29.3 Å². The second-order valence-electron chi connectivity index (χ2n) is 2.76. The van der Waals surface area contributed by atoms with Crippen LogP contribution in [0.2, 0.25) is 0 Å². The maximum atomic E-state index is 5.19. The topological polar surface area (TPSA) is 0 Å². The summed E-state index contributed by atoms with van der Waals surface area (Å²) in [6, 6.07) is 6.43. The Kier molecular flexibility index (Phi) is 3.25. The Morgan fingerprint density at radius 2 is 2.17 bits per heavy atom. The van der Waals surface area contributed by atoms with E-state index in [4.69, 9.17) is 6.42 Å². The molecular weight excluding hydrogens is 164 g/mol. The van der Waals surface area contributed by atoms with Crippen LogP contribution >= 0.6 is 11.8 Å². The number of rotatable bonds is 2. The Labute approximate surface area is 78.4 Å². The molecule has 0 spiro atoms. The van der Waals surface area contributed by atoms with Crippen molar-refractivity contribution in [1.29, 1.82) is 0 Å². The van der Waals surface area contributed by atoms with Gasteiger partial charge in [-0.05, 0) is 25.5 Å². The van der Waals surface area contributed by atoms with E-state index in [1.165, 1.54) is 16.0 Å². The molecule has 0 unspecified atom stereocenters. The molecule has 1 aromatic rings. The number of benzene rings is 1. The van der Waals surface area contributed by atoms with Gasteiger partial charge in [0, 0.05) is 4.90 Å². The van der Waals surface area contributed by atoms with Crippen LogP contribution in [0.3, 0.4) is 0 Å². The van der Waals surface area contributed by atoms with E-state index in [1.54, 1.807) is 11.8 Å². The SMILES string of the molecule is C#CCSc1ccc(C)cc1C. The second-order valence-corrected chi connectivity index (χ2v) is 3.78. The summed E-state index contributed by atoms with van der Waals surface area (Å²) in [6.07, 6.45) is 5.19. The Bertz CT molecular complexity index is 307. The molecule has 0 amide bonds. The molecule has 62 valence electrons. The summed E-state index contributed by atoms with van der Waals surface area (Å²) in [6.45, 7) is 4.22. The number of aryl methyl sites for hydroxylation is 2. The highest BCUT2D eigenvalue weighted by atomic mass is 32.2. The van der Waals surface area contributed by atoms with Gasteiger partial charge in [0.15, 0.2) is 0 Å². The fourth-order valence-corrected chi connectivity index (χ4v) is 1.77. The summed E-state index contributed by atoms with van der Waals surface area (Å²) >= 11 is 1.72. The van der Waals surface area contributed by atoms with Gasteiger partial charge in [0.1, 0.15) is 0 Å². The van der Waals surface area contributed by atoms with Crippen molar-refractivity contribution in [3.8, 4) is 12.3 Å². The lowest BCUT2D eigenvalue weighted by Crippen LogP contribution is -1.82. The largest absolute Gasteiger partial charge is 0.119 e. The maximum absolute atomic E-state index is 5.19. The molecule has 0 saturated carbocycles. The van der Waals surface area contributed by atoms with Crippen LogP contribution in [0.4, 0.5) is 0 Å². The monoisotopic (exact) mass is 176 g/mol. The molecule has 0 nitrogen and oxygen atoms in total. The number of terminal acetylenes is 1. The number of thioether (sulfide) groups is 1. The van der Waals surface area contributed by atoms with Crippen molar-refractivity contribution in [2.45, 2.75) is 18.7 Å². The molecule has 0 bridgehead atoms. The third-order valence-corrected chi connectivity index (χ3v) is 2.72. The van der Waals surface area contributed by atoms with E-state index < -0.39 is 0 Å². The zero-order chi connectivity index (χ0) is 8.97. The average Bonchev–Trinajstić information content (AvgIpc) is 2.03. The van der Waals surface area contributed by atoms with Gasteiger partial charge in [-0.3, -0.25) is 0 Å². The van der Waals surface area contributed by atoms with Gasteiger partial charge in [0.25, 0.3) is 0 Å². The molecule has 0 radical (unpaired) electrons. The first-order chi connectivity index (χ1) is 5.74. The van der Waals surface area contributed by atoms with Crippen LogP contribution in [0.25, 0.3) is 0 Å². The van der Waals surface area contributed by atoms with Gasteiger partial charge < -0.3 is 0 Å². The van der Waals surface area contributed by atoms with Crippen LogP contribution in [0.1, 0.15) is 11.1 Å². The summed E-state index contributed by atoms with van der Waals surface area (Å²) in [7, 11) is 0. The zero-order valence-electron chi connectivity index (χ0n) is 7.42. The molecule has 1 aromatic carbocycles. The predicted octanol–water partition coefficient (Wildman–Crippen LogP) is 3.03. The fraction of sp³-hybridized carbons (Fsp3) is 0.273. The van der Waals surface area contributed by atoms with E-state index in [2.05, 4.69) is 38.0 Å². The first-order valence-corrected chi connectivity index (χ1v) is 4.86. The van der Waals surface area contributed by atoms with Crippen molar-refractivity contribution in [2.24, 2.45) is 0 Å². The second kappa shape index (κ2) is 4.23. The average molecular weight is 176 g/mol. The van der Waals surface area contributed by atoms with Gasteiger partial charge in [-0.1, -0.05) is 23.6 Å². The van der Waals surface area contributed by atoms with Gasteiger partial charge in [0.05, 0.1) is 5.75 Å². The molecule has 0 N–H and O–H groups in total. The van der Waals surface area contributed by atoms with Crippen molar-refractivity contribution >= 4 is 11.8 Å². The van der Waals surface area contributed by atoms with Crippen LogP contribution < -0.4 is 0 Å². The predicted molar refractivity (Wildman–Crippen MR) is 55.5 cm³/mol. The third kappa shape index (κ3) is 2.32. The molecule has 0 atom stereocenters. The molecule has 0 aliphatic carbocycles. The summed E-state index contributed by atoms with van der Waals surface area (Å²) in [5.41, 5.74) is 2.62. The molecule has 0 heterocycles. The summed E-state index contributed by atoms with van der Waals surface area (Å²) < 4.78 is 0. The molecule has 0 aliphatic heterocycles. The number of hydrogen-bond acceptors (Lipinski definition) is 1. The Balaban J connectivity index is 2.81. The molecule has 1 heteroatoms. The third-order valence-electron chi connectivity index (χ3n) is 1.64. The van der Waals surface area contributed by atoms with Crippen LogP contribution in [-0.4, -0.2) is 5.75 Å². The van der Waals surface area contributed by atoms with E-state index in [1.807, 2.05) is 0 Å². The van der Waals surface area contributed by atoms with Crippen LogP contribution in [-0.2, 0) is 0 Å². The fourth-order valence-electron chi connectivity index (χ4n) is 1.08. The van der Waals surface area contributed by atoms with E-state index in [0.29, 0.717) is 0 Å². The summed E-state index contributed by atoms with van der Waals surface area (Å²) in [5.74, 6) is 3.37. The molecule has 0 fully saturated rings. The molecule has 0 aliphatic rings. The van der Waals surface area contributed by atoms with Gasteiger partial charge >= 0.3 is 0 Å². The van der Waals surface area contributed by atoms with Crippen molar-refractivity contribution in [2.75, 3.05) is 5.75 Å². The van der Waals surface area contributed by atoms with Crippen molar-refractivity contribution < 1.29 is 0 Å². The van der Waals surface area contributed by atoms with E-state index in [-0.39, 0.29) is 0 Å². The normalized spacial score (nSPS) is 9.42. The van der Waals surface area contributed by atoms with Crippen molar-refractivity contribution in [1.82, 2.24) is 0 Å². The minimum Gasteiger partial charge on any atom is -0.119 e. The highest BCUT2D eigenvalue weighted by molar-refractivity contribution is 7.99. The van der Waals surface area contributed by atoms with E-state index in [9.17, 15) is 0 Å². The van der Waals surface area contributed by atoms with Crippen LogP contribution in [0.5, 0.6) is 0 Å². The quantitative estimate of drug-likeness (QED) is 0.493. The lowest BCUT2D eigenvalue weighted by molar-refractivity contribution is 1.26. The Morgan fingerprint density at radius 3 is 2.75 bits per heavy atom. The maximum Gasteiger partial charge on any atom is 0.0592 e. The van der Waals surface area contributed by atoms with Crippen LogP contribution in [0.15, 0.2) is 23.1 Å². The molecular formula is C11H12S. The minimum atomic E-state index is 0.754. The van der Waals surface area contributed by atoms with E-state index in [0.717, 1.165) is 5.75 Å². The Morgan fingerprint density at radius 1 is 1.42 bits per heavy atom. The van der Waals surface area contributed by atoms with Crippen LogP contribution in [0, 0.1) is 26.2 Å². The highest BCUT2D eigenvalue weighted by Crippen LogP contribution is 2.22. The Hall–Kier alpha value is -0.870. The summed E-state index contributed by atoms with van der Waals surface area (Å²) in [4.78, 5) is 1.29. The lowest BCUT2D eigenvalue weighted by Gasteiger charge is -2.03. The van der Waals surface area contributed by atoms with Crippen molar-refractivity contribution in [3.63, 3.8) is 0 Å². The minimum absolute atomic E-state index is 0.754. The number of hydrogen-bond donors (Lipinski definition) is 0. The first kappa shape index (κ1) is 9.22. The molecule has 0 aromatic heterocycles. The molecule has 1 rings (SSSR count). The smallest absolute Gasteiger partial charge is 0.0592 e. The lowest BCUT2D eigenvalue weighted by atomic mass is 10.2. The zero-order valence-corrected chi connectivity index (χ0v) is 8.24. The highest BCUT2D eigenvalue weighted by Gasteiger charge is 1.96. The molecule has 12 heavy (non-hydrogen) atoms. The molecule has 0 saturated heterocycles. The first-order valence-electron chi connectivity index (χ1n) is 3.87. The van der Waals surface area contributed by atoms with Gasteiger partial charge in [-0.15, -0.1) is 18.2 Å². The standard InChI is InChI=1S/C11H12S/c1-4-7-12-11-6-5-9(2)8-10(11)3/h1,5-6,8H,7H2,2-3H3.